The van der Waals surface area contributed by atoms with Gasteiger partial charge < -0.3 is 20.3 Å². The highest BCUT2D eigenvalue weighted by Crippen LogP contribution is 2.14. The standard InChI is InChI=1S/C12H23NO4/c1-12(13,11(14)15)6-2-3-7-17-10-4-8-16-9-5-10/h10H,2-9,13H2,1H3,(H,14,15). The van der Waals surface area contributed by atoms with E-state index in [0.29, 0.717) is 19.1 Å². The van der Waals surface area contributed by atoms with Crippen LogP contribution in [-0.2, 0) is 14.3 Å². The molecule has 1 unspecified atom stereocenters. The minimum Gasteiger partial charge on any atom is -0.480 e. The number of hydrogen-bond donors (Lipinski definition) is 2. The molecular formula is C12H23NO4. The summed E-state index contributed by atoms with van der Waals surface area (Å²) in [4.78, 5) is 10.8. The first-order valence-corrected chi connectivity index (χ1v) is 6.24. The number of ether oxygens (including phenoxy) is 2. The molecule has 3 N–H and O–H groups in total. The third-order valence-electron chi connectivity index (χ3n) is 3.10. The molecule has 0 aromatic rings. The van der Waals surface area contributed by atoms with Crippen LogP contribution in [0.3, 0.4) is 0 Å². The quantitative estimate of drug-likeness (QED) is 0.658. The van der Waals surface area contributed by atoms with Crippen molar-refractivity contribution >= 4 is 5.97 Å². The summed E-state index contributed by atoms with van der Waals surface area (Å²) in [6, 6.07) is 0. The molecule has 0 spiro atoms. The fourth-order valence-corrected chi connectivity index (χ4v) is 1.79. The van der Waals surface area contributed by atoms with Gasteiger partial charge in [-0.05, 0) is 39.0 Å². The topological polar surface area (TPSA) is 81.8 Å². The maximum Gasteiger partial charge on any atom is 0.323 e. The summed E-state index contributed by atoms with van der Waals surface area (Å²) in [5.74, 6) is -0.942. The van der Waals surface area contributed by atoms with Crippen LogP contribution < -0.4 is 5.73 Å². The van der Waals surface area contributed by atoms with Gasteiger partial charge in [0.05, 0.1) is 6.10 Å². The largest absolute Gasteiger partial charge is 0.480 e. The van der Waals surface area contributed by atoms with Gasteiger partial charge in [0.2, 0.25) is 0 Å². The van der Waals surface area contributed by atoms with Crippen LogP contribution in [0.2, 0.25) is 0 Å². The highest BCUT2D eigenvalue weighted by atomic mass is 16.5. The fraction of sp³-hybridized carbons (Fsp3) is 0.917. The van der Waals surface area contributed by atoms with Gasteiger partial charge in [-0.25, -0.2) is 0 Å². The lowest BCUT2D eigenvalue weighted by Gasteiger charge is -2.23. The summed E-state index contributed by atoms with van der Waals surface area (Å²) in [7, 11) is 0. The molecule has 0 aromatic heterocycles. The van der Waals surface area contributed by atoms with Crippen molar-refractivity contribution in [3.63, 3.8) is 0 Å². The average molecular weight is 245 g/mol. The van der Waals surface area contributed by atoms with Crippen molar-refractivity contribution in [3.05, 3.63) is 0 Å². The Kier molecular flexibility index (Phi) is 5.88. The Morgan fingerprint density at radius 1 is 1.47 bits per heavy atom. The van der Waals surface area contributed by atoms with Crippen LogP contribution in [0.1, 0.15) is 39.0 Å². The molecule has 0 aliphatic carbocycles. The predicted molar refractivity (Wildman–Crippen MR) is 63.9 cm³/mol. The molecule has 0 aromatic carbocycles. The molecule has 1 fully saturated rings. The molecule has 5 heteroatoms. The third-order valence-corrected chi connectivity index (χ3v) is 3.10. The molecule has 1 aliphatic rings. The number of aliphatic carboxylic acids is 1. The highest BCUT2D eigenvalue weighted by Gasteiger charge is 2.26. The number of carboxylic acid groups (broad SMARTS) is 1. The maximum absolute atomic E-state index is 10.8. The van der Waals surface area contributed by atoms with Crippen LogP contribution in [0.5, 0.6) is 0 Å². The van der Waals surface area contributed by atoms with Crippen LogP contribution in [0, 0.1) is 0 Å². The zero-order valence-electron chi connectivity index (χ0n) is 10.5. The van der Waals surface area contributed by atoms with Crippen LogP contribution in [0.4, 0.5) is 0 Å². The average Bonchev–Trinajstić information content (AvgIpc) is 2.29. The summed E-state index contributed by atoms with van der Waals surface area (Å²) >= 11 is 0. The monoisotopic (exact) mass is 245 g/mol. The van der Waals surface area contributed by atoms with E-state index in [1.807, 2.05) is 0 Å². The first-order chi connectivity index (χ1) is 8.02. The van der Waals surface area contributed by atoms with Gasteiger partial charge in [-0.1, -0.05) is 0 Å². The van der Waals surface area contributed by atoms with Crippen molar-refractivity contribution in [2.75, 3.05) is 19.8 Å². The molecule has 17 heavy (non-hydrogen) atoms. The predicted octanol–water partition coefficient (Wildman–Crippen LogP) is 1.15. The molecule has 1 aliphatic heterocycles. The van der Waals surface area contributed by atoms with E-state index in [0.717, 1.165) is 38.9 Å². The minimum absolute atomic E-state index is 0.312. The summed E-state index contributed by atoms with van der Waals surface area (Å²) in [5, 5.41) is 8.83. The van der Waals surface area contributed by atoms with E-state index in [9.17, 15) is 4.79 Å². The Hall–Kier alpha value is -0.650. The molecule has 1 atom stereocenters. The summed E-state index contributed by atoms with van der Waals surface area (Å²) < 4.78 is 10.9. The van der Waals surface area contributed by atoms with E-state index < -0.39 is 11.5 Å². The molecule has 5 nitrogen and oxygen atoms in total. The highest BCUT2D eigenvalue weighted by molar-refractivity contribution is 5.77. The van der Waals surface area contributed by atoms with Gasteiger partial charge in [0.15, 0.2) is 0 Å². The number of hydrogen-bond acceptors (Lipinski definition) is 4. The van der Waals surface area contributed by atoms with Crippen molar-refractivity contribution < 1.29 is 19.4 Å². The van der Waals surface area contributed by atoms with Gasteiger partial charge in [0.1, 0.15) is 5.54 Å². The van der Waals surface area contributed by atoms with Crippen molar-refractivity contribution in [2.24, 2.45) is 5.73 Å². The number of carboxylic acids is 1. The van der Waals surface area contributed by atoms with E-state index >= 15 is 0 Å². The molecule has 0 bridgehead atoms. The fourth-order valence-electron chi connectivity index (χ4n) is 1.79. The van der Waals surface area contributed by atoms with E-state index in [-0.39, 0.29) is 0 Å². The van der Waals surface area contributed by atoms with Crippen LogP contribution in [0.25, 0.3) is 0 Å². The summed E-state index contributed by atoms with van der Waals surface area (Å²) in [6.45, 7) is 3.80. The summed E-state index contributed by atoms with van der Waals surface area (Å²) in [6.07, 6.45) is 4.36. The van der Waals surface area contributed by atoms with Crippen LogP contribution in [-0.4, -0.2) is 42.5 Å². The van der Waals surface area contributed by atoms with E-state index in [4.69, 9.17) is 20.3 Å². The molecule has 1 saturated heterocycles. The lowest BCUT2D eigenvalue weighted by molar-refractivity contribution is -0.143. The van der Waals surface area contributed by atoms with Gasteiger partial charge in [-0.15, -0.1) is 0 Å². The lowest BCUT2D eigenvalue weighted by atomic mass is 9.96. The molecular weight excluding hydrogens is 222 g/mol. The van der Waals surface area contributed by atoms with Crippen LogP contribution in [0.15, 0.2) is 0 Å². The van der Waals surface area contributed by atoms with Crippen molar-refractivity contribution in [2.45, 2.75) is 50.7 Å². The number of carbonyl (C=O) groups is 1. The number of rotatable bonds is 7. The second kappa shape index (κ2) is 6.93. The lowest BCUT2D eigenvalue weighted by Crippen LogP contribution is -2.44. The van der Waals surface area contributed by atoms with Crippen molar-refractivity contribution in [1.82, 2.24) is 0 Å². The maximum atomic E-state index is 10.8. The molecule has 1 rings (SSSR count). The Morgan fingerprint density at radius 2 is 2.12 bits per heavy atom. The van der Waals surface area contributed by atoms with E-state index in [1.54, 1.807) is 6.92 Å². The van der Waals surface area contributed by atoms with Gasteiger partial charge in [0, 0.05) is 19.8 Å². The smallest absolute Gasteiger partial charge is 0.323 e. The second-order valence-electron chi connectivity index (χ2n) is 4.86. The number of nitrogens with two attached hydrogens (primary N) is 1. The van der Waals surface area contributed by atoms with Crippen molar-refractivity contribution in [1.29, 1.82) is 0 Å². The Balaban J connectivity index is 2.02. The molecule has 1 heterocycles. The zero-order chi connectivity index (χ0) is 12.7. The third kappa shape index (κ3) is 5.48. The SMILES string of the molecule is CC(N)(CCCCOC1CCOCC1)C(=O)O. The summed E-state index contributed by atoms with van der Waals surface area (Å²) in [5.41, 5.74) is 4.52. The Labute approximate surface area is 102 Å². The molecule has 0 saturated carbocycles. The van der Waals surface area contributed by atoms with Gasteiger partial charge in [0.25, 0.3) is 0 Å². The van der Waals surface area contributed by atoms with Gasteiger partial charge >= 0.3 is 5.97 Å². The van der Waals surface area contributed by atoms with E-state index in [2.05, 4.69) is 0 Å². The minimum atomic E-state index is -1.11. The molecule has 0 amide bonds. The van der Waals surface area contributed by atoms with E-state index in [1.165, 1.54) is 0 Å². The van der Waals surface area contributed by atoms with Gasteiger partial charge in [-0.2, -0.15) is 0 Å². The first-order valence-electron chi connectivity index (χ1n) is 6.24. The Bertz CT molecular complexity index is 237. The van der Waals surface area contributed by atoms with Gasteiger partial charge in [-0.3, -0.25) is 4.79 Å². The normalized spacial score (nSPS) is 21.1. The number of unbranched alkanes of at least 4 members (excludes halogenated alkanes) is 1. The molecule has 0 radical (unpaired) electrons. The Morgan fingerprint density at radius 3 is 2.71 bits per heavy atom. The second-order valence-corrected chi connectivity index (χ2v) is 4.86. The molecule has 100 valence electrons. The first kappa shape index (κ1) is 14.4. The van der Waals surface area contributed by atoms with Crippen molar-refractivity contribution in [3.8, 4) is 0 Å². The van der Waals surface area contributed by atoms with Crippen LogP contribution >= 0.6 is 0 Å². The zero-order valence-corrected chi connectivity index (χ0v) is 10.5.